The van der Waals surface area contributed by atoms with Crippen LogP contribution in [0.25, 0.3) is 0 Å². The topological polar surface area (TPSA) is 85.2 Å². The molecular formula is C14H21N3O2. The van der Waals surface area contributed by atoms with Crippen LogP contribution in [0.15, 0.2) is 30.3 Å². The van der Waals surface area contributed by atoms with Crippen molar-refractivity contribution in [2.75, 3.05) is 5.32 Å². The zero-order valence-corrected chi connectivity index (χ0v) is 11.0. The fraction of sp³-hybridized carbons (Fsp3) is 0.429. The van der Waals surface area contributed by atoms with Crippen molar-refractivity contribution in [3.05, 3.63) is 30.3 Å². The molecule has 0 aliphatic heterocycles. The maximum absolute atomic E-state index is 10.8. The summed E-state index contributed by atoms with van der Waals surface area (Å²) in [4.78, 5) is 10.8. The Balaban J connectivity index is 2.03. The van der Waals surface area contributed by atoms with Crippen LogP contribution in [0.4, 0.5) is 5.69 Å². The van der Waals surface area contributed by atoms with E-state index in [4.69, 9.17) is 10.6 Å². The lowest BCUT2D eigenvalue weighted by Crippen LogP contribution is -2.17. The highest BCUT2D eigenvalue weighted by molar-refractivity contribution is 5.92. The van der Waals surface area contributed by atoms with Crippen molar-refractivity contribution >= 4 is 17.4 Å². The Morgan fingerprint density at radius 1 is 1.05 bits per heavy atom. The van der Waals surface area contributed by atoms with Crippen LogP contribution < -0.4 is 10.8 Å². The third kappa shape index (κ3) is 7.21. The fourth-order valence-corrected chi connectivity index (χ4v) is 1.76. The second kappa shape index (κ2) is 9.10. The Hall–Kier alpha value is -1.88. The number of amidine groups is 1. The number of hydrogen-bond acceptors (Lipinski definition) is 3. The second-order valence-corrected chi connectivity index (χ2v) is 4.42. The zero-order valence-electron chi connectivity index (χ0n) is 11.0. The summed E-state index contributed by atoms with van der Waals surface area (Å²) < 4.78 is 0. The Kier molecular flexibility index (Phi) is 7.27. The SMILES string of the molecule is N=C(CCCCCCC(=O)NO)Nc1ccccc1. The van der Waals surface area contributed by atoms with Crippen LogP contribution in [0.3, 0.4) is 0 Å². The first-order valence-electron chi connectivity index (χ1n) is 6.55. The van der Waals surface area contributed by atoms with E-state index in [9.17, 15) is 4.79 Å². The lowest BCUT2D eigenvalue weighted by atomic mass is 10.1. The van der Waals surface area contributed by atoms with E-state index in [0.717, 1.165) is 31.4 Å². The highest BCUT2D eigenvalue weighted by Crippen LogP contribution is 2.09. The summed E-state index contributed by atoms with van der Waals surface area (Å²) in [6.45, 7) is 0. The van der Waals surface area contributed by atoms with E-state index in [1.807, 2.05) is 30.3 Å². The van der Waals surface area contributed by atoms with Gasteiger partial charge < -0.3 is 5.32 Å². The minimum absolute atomic E-state index is 0.335. The highest BCUT2D eigenvalue weighted by Gasteiger charge is 2.00. The molecule has 0 unspecified atom stereocenters. The zero-order chi connectivity index (χ0) is 13.9. The van der Waals surface area contributed by atoms with E-state index in [2.05, 4.69) is 5.32 Å². The average Bonchev–Trinajstić information content (AvgIpc) is 2.43. The summed E-state index contributed by atoms with van der Waals surface area (Å²) in [7, 11) is 0. The third-order valence-electron chi connectivity index (χ3n) is 2.77. The number of anilines is 1. The molecule has 4 N–H and O–H groups in total. The van der Waals surface area contributed by atoms with Crippen molar-refractivity contribution in [2.24, 2.45) is 0 Å². The van der Waals surface area contributed by atoms with Crippen LogP contribution in [0.2, 0.25) is 0 Å². The molecule has 0 fully saturated rings. The number of benzene rings is 1. The van der Waals surface area contributed by atoms with E-state index < -0.39 is 0 Å². The minimum Gasteiger partial charge on any atom is -0.344 e. The number of nitrogens with one attached hydrogen (secondary N) is 3. The van der Waals surface area contributed by atoms with Crippen LogP contribution in [0.1, 0.15) is 38.5 Å². The molecule has 0 radical (unpaired) electrons. The van der Waals surface area contributed by atoms with Gasteiger partial charge in [-0.2, -0.15) is 0 Å². The number of hydroxylamine groups is 1. The molecule has 1 aromatic carbocycles. The number of carbonyl (C=O) groups is 1. The number of amides is 1. The summed E-state index contributed by atoms with van der Waals surface area (Å²) in [6, 6.07) is 9.67. The van der Waals surface area contributed by atoms with Gasteiger partial charge >= 0.3 is 0 Å². The second-order valence-electron chi connectivity index (χ2n) is 4.42. The van der Waals surface area contributed by atoms with Crippen LogP contribution >= 0.6 is 0 Å². The molecule has 5 heteroatoms. The number of carbonyl (C=O) groups excluding carboxylic acids is 1. The first-order valence-corrected chi connectivity index (χ1v) is 6.55. The van der Waals surface area contributed by atoms with Gasteiger partial charge in [-0.05, 0) is 25.0 Å². The van der Waals surface area contributed by atoms with Gasteiger partial charge in [-0.1, -0.05) is 31.0 Å². The summed E-state index contributed by atoms with van der Waals surface area (Å²) in [6.07, 6.45) is 4.69. The third-order valence-corrected chi connectivity index (χ3v) is 2.77. The average molecular weight is 263 g/mol. The molecule has 0 aliphatic rings. The molecule has 0 bridgehead atoms. The van der Waals surface area contributed by atoms with Crippen LogP contribution in [-0.2, 0) is 4.79 Å². The fourth-order valence-electron chi connectivity index (χ4n) is 1.76. The minimum atomic E-state index is -0.335. The molecule has 104 valence electrons. The first-order chi connectivity index (χ1) is 9.22. The van der Waals surface area contributed by atoms with Crippen molar-refractivity contribution in [1.82, 2.24) is 5.48 Å². The van der Waals surface area contributed by atoms with Crippen molar-refractivity contribution in [3.63, 3.8) is 0 Å². The normalized spacial score (nSPS) is 9.95. The molecule has 0 aliphatic carbocycles. The molecular weight excluding hydrogens is 242 g/mol. The van der Waals surface area contributed by atoms with Gasteiger partial charge in [0.15, 0.2) is 0 Å². The molecule has 1 aromatic rings. The van der Waals surface area contributed by atoms with E-state index in [1.54, 1.807) is 5.48 Å². The van der Waals surface area contributed by atoms with Crippen LogP contribution in [0.5, 0.6) is 0 Å². The maximum Gasteiger partial charge on any atom is 0.243 e. The Bertz CT molecular complexity index is 393. The number of unbranched alkanes of at least 4 members (excludes halogenated alkanes) is 3. The Labute approximate surface area is 113 Å². The number of para-hydroxylation sites is 1. The number of rotatable bonds is 8. The van der Waals surface area contributed by atoms with E-state index in [-0.39, 0.29) is 5.91 Å². The molecule has 0 heterocycles. The van der Waals surface area contributed by atoms with Gasteiger partial charge in [0, 0.05) is 18.5 Å². The highest BCUT2D eigenvalue weighted by atomic mass is 16.5. The molecule has 19 heavy (non-hydrogen) atoms. The molecule has 0 saturated carbocycles. The summed E-state index contributed by atoms with van der Waals surface area (Å²) >= 11 is 0. The molecule has 0 aromatic heterocycles. The predicted molar refractivity (Wildman–Crippen MR) is 75.4 cm³/mol. The van der Waals surface area contributed by atoms with E-state index >= 15 is 0 Å². The summed E-state index contributed by atoms with van der Waals surface area (Å²) in [5.74, 6) is 0.179. The van der Waals surface area contributed by atoms with Crippen LogP contribution in [0, 0.1) is 5.41 Å². The largest absolute Gasteiger partial charge is 0.344 e. The smallest absolute Gasteiger partial charge is 0.243 e. The maximum atomic E-state index is 10.8. The van der Waals surface area contributed by atoms with Crippen molar-refractivity contribution < 1.29 is 10.0 Å². The van der Waals surface area contributed by atoms with Gasteiger partial charge in [0.25, 0.3) is 0 Å². The lowest BCUT2D eigenvalue weighted by molar-refractivity contribution is -0.129. The first kappa shape index (κ1) is 15.2. The number of hydrogen-bond donors (Lipinski definition) is 4. The molecule has 0 spiro atoms. The van der Waals surface area contributed by atoms with Gasteiger partial charge in [0.2, 0.25) is 5.91 Å². The summed E-state index contributed by atoms with van der Waals surface area (Å²) in [5.41, 5.74) is 2.56. The van der Waals surface area contributed by atoms with Gasteiger partial charge in [0.1, 0.15) is 0 Å². The van der Waals surface area contributed by atoms with Crippen molar-refractivity contribution in [1.29, 1.82) is 5.41 Å². The Morgan fingerprint density at radius 2 is 1.68 bits per heavy atom. The Morgan fingerprint density at radius 3 is 2.32 bits per heavy atom. The standard InChI is InChI=1S/C14H21N3O2/c15-13(16-12-8-4-3-5-9-12)10-6-1-2-7-11-14(18)17-19/h3-5,8-9,19H,1-2,6-7,10-11H2,(H2,15,16)(H,17,18). The quantitative estimate of drug-likeness (QED) is 0.191. The summed E-state index contributed by atoms with van der Waals surface area (Å²) in [5, 5.41) is 19.2. The predicted octanol–water partition coefficient (Wildman–Crippen LogP) is 2.92. The van der Waals surface area contributed by atoms with Crippen molar-refractivity contribution in [2.45, 2.75) is 38.5 Å². The molecule has 1 rings (SSSR count). The van der Waals surface area contributed by atoms with E-state index in [0.29, 0.717) is 18.7 Å². The monoisotopic (exact) mass is 263 g/mol. The van der Waals surface area contributed by atoms with Crippen LogP contribution in [-0.4, -0.2) is 17.0 Å². The van der Waals surface area contributed by atoms with Gasteiger partial charge in [-0.3, -0.25) is 15.4 Å². The van der Waals surface area contributed by atoms with Crippen molar-refractivity contribution in [3.8, 4) is 0 Å². The molecule has 0 atom stereocenters. The van der Waals surface area contributed by atoms with E-state index in [1.165, 1.54) is 0 Å². The van der Waals surface area contributed by atoms with Gasteiger partial charge in [0.05, 0.1) is 5.84 Å². The lowest BCUT2D eigenvalue weighted by Gasteiger charge is -2.07. The van der Waals surface area contributed by atoms with Gasteiger partial charge in [-0.15, -0.1) is 0 Å². The molecule has 0 saturated heterocycles. The van der Waals surface area contributed by atoms with Gasteiger partial charge in [-0.25, -0.2) is 5.48 Å². The molecule has 1 amide bonds. The molecule has 5 nitrogen and oxygen atoms in total.